The normalized spacial score (nSPS) is 13.3. The van der Waals surface area contributed by atoms with E-state index in [4.69, 9.17) is 0 Å². The van der Waals surface area contributed by atoms with Crippen LogP contribution in [-0.4, -0.2) is 0 Å². The van der Waals surface area contributed by atoms with E-state index in [0.29, 0.717) is 5.69 Å². The third-order valence-corrected chi connectivity index (χ3v) is 3.96. The molecule has 1 aromatic heterocycles. The molecular weight excluding hydrogens is 271 g/mol. The van der Waals surface area contributed by atoms with E-state index in [1.165, 1.54) is 12.1 Å². The van der Waals surface area contributed by atoms with Crippen LogP contribution in [0.5, 0.6) is 0 Å². The zero-order valence-corrected chi connectivity index (χ0v) is 11.4. The van der Waals surface area contributed by atoms with Gasteiger partial charge in [0, 0.05) is 10.6 Å². The van der Waals surface area contributed by atoms with Crippen LogP contribution in [0.2, 0.25) is 0 Å². The Labute approximate surface area is 114 Å². The fraction of sp³-hybridized carbons (Fsp3) is 0.286. The largest absolute Gasteiger partial charge is 0.416 e. The van der Waals surface area contributed by atoms with Crippen molar-refractivity contribution in [3.63, 3.8) is 0 Å². The van der Waals surface area contributed by atoms with Crippen LogP contribution in [0.25, 0.3) is 0 Å². The summed E-state index contributed by atoms with van der Waals surface area (Å²) in [4.78, 5) is 1.09. The second-order valence-electron chi connectivity index (χ2n) is 4.41. The quantitative estimate of drug-likeness (QED) is 0.812. The number of hydrogen-bond acceptors (Lipinski definition) is 2. The van der Waals surface area contributed by atoms with Crippen LogP contribution in [0.1, 0.15) is 29.0 Å². The molecule has 2 aromatic rings. The SMILES string of the molecule is Cc1ccc(C(F)(F)F)cc1NC(C)c1cccs1. The van der Waals surface area contributed by atoms with Crippen molar-refractivity contribution >= 4 is 17.0 Å². The number of nitrogens with one attached hydrogen (secondary N) is 1. The number of halogens is 3. The van der Waals surface area contributed by atoms with E-state index in [0.717, 1.165) is 16.5 Å². The molecule has 0 aliphatic carbocycles. The van der Waals surface area contributed by atoms with Gasteiger partial charge < -0.3 is 5.32 Å². The van der Waals surface area contributed by atoms with Gasteiger partial charge in [0.15, 0.2) is 0 Å². The van der Waals surface area contributed by atoms with Crippen molar-refractivity contribution in [3.05, 3.63) is 51.7 Å². The first kappa shape index (κ1) is 13.9. The number of hydrogen-bond donors (Lipinski definition) is 1. The summed E-state index contributed by atoms with van der Waals surface area (Å²) in [7, 11) is 0. The van der Waals surface area contributed by atoms with Crippen molar-refractivity contribution in [2.24, 2.45) is 0 Å². The van der Waals surface area contributed by atoms with E-state index in [1.54, 1.807) is 18.3 Å². The lowest BCUT2D eigenvalue weighted by atomic mass is 10.1. The van der Waals surface area contributed by atoms with Gasteiger partial charge in [0.05, 0.1) is 11.6 Å². The molecule has 102 valence electrons. The second kappa shape index (κ2) is 5.25. The third-order valence-electron chi connectivity index (χ3n) is 2.91. The number of alkyl halides is 3. The summed E-state index contributed by atoms with van der Waals surface area (Å²) in [5.41, 5.74) is 0.700. The molecule has 19 heavy (non-hydrogen) atoms. The van der Waals surface area contributed by atoms with Gasteiger partial charge in [0.1, 0.15) is 0 Å². The minimum Gasteiger partial charge on any atom is -0.377 e. The van der Waals surface area contributed by atoms with Gasteiger partial charge in [-0.3, -0.25) is 0 Å². The van der Waals surface area contributed by atoms with Crippen LogP contribution in [-0.2, 0) is 6.18 Å². The van der Waals surface area contributed by atoms with Crippen LogP contribution in [0, 0.1) is 6.92 Å². The molecule has 0 aliphatic rings. The van der Waals surface area contributed by atoms with Crippen molar-refractivity contribution < 1.29 is 13.2 Å². The Balaban J connectivity index is 2.25. The van der Waals surface area contributed by atoms with Crippen molar-refractivity contribution in [3.8, 4) is 0 Å². The van der Waals surface area contributed by atoms with E-state index >= 15 is 0 Å². The summed E-state index contributed by atoms with van der Waals surface area (Å²) in [5, 5.41) is 5.09. The van der Waals surface area contributed by atoms with Gasteiger partial charge in [-0.15, -0.1) is 11.3 Å². The van der Waals surface area contributed by atoms with E-state index in [-0.39, 0.29) is 6.04 Å². The van der Waals surface area contributed by atoms with Gasteiger partial charge in [0.25, 0.3) is 0 Å². The maximum absolute atomic E-state index is 12.7. The topological polar surface area (TPSA) is 12.0 Å². The zero-order valence-electron chi connectivity index (χ0n) is 10.6. The molecule has 1 N–H and O–H groups in total. The highest BCUT2D eigenvalue weighted by atomic mass is 32.1. The lowest BCUT2D eigenvalue weighted by molar-refractivity contribution is -0.137. The third kappa shape index (κ3) is 3.29. The first-order valence-electron chi connectivity index (χ1n) is 5.85. The number of anilines is 1. The van der Waals surface area contributed by atoms with Gasteiger partial charge >= 0.3 is 6.18 Å². The summed E-state index contributed by atoms with van der Waals surface area (Å²) in [6, 6.07) is 7.65. The monoisotopic (exact) mass is 285 g/mol. The molecule has 0 amide bonds. The van der Waals surface area contributed by atoms with Crippen LogP contribution < -0.4 is 5.32 Å². The molecule has 1 heterocycles. The molecule has 0 fully saturated rings. The second-order valence-corrected chi connectivity index (χ2v) is 5.39. The predicted molar refractivity (Wildman–Crippen MR) is 72.5 cm³/mol. The predicted octanol–water partition coefficient (Wildman–Crippen LogP) is 5.25. The smallest absolute Gasteiger partial charge is 0.377 e. The van der Waals surface area contributed by atoms with Crippen molar-refractivity contribution in [2.45, 2.75) is 26.1 Å². The molecular formula is C14H14F3NS. The fourth-order valence-corrected chi connectivity index (χ4v) is 2.53. The molecule has 1 atom stereocenters. The van der Waals surface area contributed by atoms with E-state index in [9.17, 15) is 13.2 Å². The van der Waals surface area contributed by atoms with Gasteiger partial charge in [-0.2, -0.15) is 13.2 Å². The highest BCUT2D eigenvalue weighted by Gasteiger charge is 2.30. The highest BCUT2D eigenvalue weighted by molar-refractivity contribution is 7.10. The minimum atomic E-state index is -4.31. The van der Waals surface area contributed by atoms with E-state index in [1.807, 2.05) is 24.4 Å². The Kier molecular flexibility index (Phi) is 3.85. The van der Waals surface area contributed by atoms with E-state index < -0.39 is 11.7 Å². The molecule has 5 heteroatoms. The Bertz CT molecular complexity index is 546. The molecule has 1 unspecified atom stereocenters. The summed E-state index contributed by atoms with van der Waals surface area (Å²) >= 11 is 1.58. The zero-order chi connectivity index (χ0) is 14.0. The number of aryl methyl sites for hydroxylation is 1. The molecule has 2 rings (SSSR count). The minimum absolute atomic E-state index is 0.0119. The fourth-order valence-electron chi connectivity index (χ4n) is 1.80. The maximum atomic E-state index is 12.7. The first-order chi connectivity index (χ1) is 8.88. The molecule has 1 nitrogen and oxygen atoms in total. The average Bonchev–Trinajstić information content (AvgIpc) is 2.84. The molecule has 0 bridgehead atoms. The van der Waals surface area contributed by atoms with Crippen LogP contribution in [0.3, 0.4) is 0 Å². The van der Waals surface area contributed by atoms with Crippen LogP contribution in [0.4, 0.5) is 18.9 Å². The van der Waals surface area contributed by atoms with Gasteiger partial charge in [0.2, 0.25) is 0 Å². The number of rotatable bonds is 3. The first-order valence-corrected chi connectivity index (χ1v) is 6.73. The Morgan fingerprint density at radius 3 is 2.53 bits per heavy atom. The molecule has 1 aromatic carbocycles. The summed E-state index contributed by atoms with van der Waals surface area (Å²) in [6.45, 7) is 3.73. The number of benzene rings is 1. The van der Waals surface area contributed by atoms with Crippen LogP contribution >= 0.6 is 11.3 Å². The maximum Gasteiger partial charge on any atom is 0.416 e. The molecule has 0 spiro atoms. The summed E-state index contributed by atoms with van der Waals surface area (Å²) in [5.74, 6) is 0. The lowest BCUT2D eigenvalue weighted by Gasteiger charge is -2.17. The van der Waals surface area contributed by atoms with Crippen molar-refractivity contribution in [1.82, 2.24) is 0 Å². The van der Waals surface area contributed by atoms with Crippen molar-refractivity contribution in [2.75, 3.05) is 5.32 Å². The Morgan fingerprint density at radius 2 is 1.95 bits per heavy atom. The average molecular weight is 285 g/mol. The summed E-state index contributed by atoms with van der Waals surface area (Å²) < 4.78 is 38.1. The number of thiophene rings is 1. The Morgan fingerprint density at radius 1 is 1.21 bits per heavy atom. The molecule has 0 saturated carbocycles. The molecule has 0 saturated heterocycles. The molecule has 0 radical (unpaired) electrons. The van der Waals surface area contributed by atoms with Gasteiger partial charge in [-0.25, -0.2) is 0 Å². The lowest BCUT2D eigenvalue weighted by Crippen LogP contribution is -2.09. The van der Waals surface area contributed by atoms with Crippen LogP contribution in [0.15, 0.2) is 35.7 Å². The van der Waals surface area contributed by atoms with E-state index in [2.05, 4.69) is 5.32 Å². The van der Waals surface area contributed by atoms with Gasteiger partial charge in [-0.05, 0) is 43.0 Å². The van der Waals surface area contributed by atoms with Crippen molar-refractivity contribution in [1.29, 1.82) is 0 Å². The Hall–Kier alpha value is -1.49. The highest BCUT2D eigenvalue weighted by Crippen LogP contribution is 2.33. The molecule has 0 aliphatic heterocycles. The standard InChI is InChI=1S/C14H14F3NS/c1-9-5-6-11(14(15,16)17)8-12(9)18-10(2)13-4-3-7-19-13/h3-8,10,18H,1-2H3. The van der Waals surface area contributed by atoms with Gasteiger partial charge in [-0.1, -0.05) is 12.1 Å². The summed E-state index contributed by atoms with van der Waals surface area (Å²) in [6.07, 6.45) is -4.31.